The fraction of sp³-hybridized carbons (Fsp3) is 0.286. The van der Waals surface area contributed by atoms with Gasteiger partial charge in [-0.3, -0.25) is 20.2 Å². The van der Waals surface area contributed by atoms with Gasteiger partial charge in [0.1, 0.15) is 5.84 Å². The molecule has 2 aliphatic rings. The van der Waals surface area contributed by atoms with Gasteiger partial charge in [0.2, 0.25) is 6.41 Å². The molecule has 2 aliphatic heterocycles. The maximum Gasteiger partial charge on any atom is 0.253 e. The van der Waals surface area contributed by atoms with Crippen molar-refractivity contribution in [2.24, 2.45) is 10.7 Å². The number of carbonyl (C=O) groups excluding carboxylic acids is 2. The van der Waals surface area contributed by atoms with E-state index in [4.69, 9.17) is 5.73 Å². The summed E-state index contributed by atoms with van der Waals surface area (Å²) in [6.07, 6.45) is 2.70. The fourth-order valence-electron chi connectivity index (χ4n) is 1.37. The van der Waals surface area contributed by atoms with E-state index < -0.39 is 12.3 Å². The van der Waals surface area contributed by atoms with E-state index in [0.29, 0.717) is 12.2 Å². The fourth-order valence-corrected chi connectivity index (χ4v) is 1.37. The zero-order chi connectivity index (χ0) is 10.1. The van der Waals surface area contributed by atoms with E-state index >= 15 is 0 Å². The molecule has 4 N–H and O–H groups in total. The van der Waals surface area contributed by atoms with Gasteiger partial charge in [0, 0.05) is 12.4 Å². The predicted molar refractivity (Wildman–Crippen MR) is 47.5 cm³/mol. The summed E-state index contributed by atoms with van der Waals surface area (Å²) in [5, 5.41) is 5.21. The van der Waals surface area contributed by atoms with Crippen LogP contribution in [0.1, 0.15) is 0 Å². The molecule has 14 heavy (non-hydrogen) atoms. The molecule has 2 atom stereocenters. The van der Waals surface area contributed by atoms with Crippen molar-refractivity contribution in [2.75, 3.05) is 0 Å². The Labute approximate surface area is 79.6 Å². The van der Waals surface area contributed by atoms with Crippen molar-refractivity contribution < 1.29 is 9.59 Å². The zero-order valence-corrected chi connectivity index (χ0v) is 7.18. The monoisotopic (exact) mass is 195 g/mol. The third-order valence-electron chi connectivity index (χ3n) is 2.03. The minimum Gasteiger partial charge on any atom is -0.372 e. The number of fused-ring (bicyclic) bond motifs is 1. The van der Waals surface area contributed by atoms with Gasteiger partial charge in [-0.15, -0.1) is 0 Å². The molecule has 0 aromatic heterocycles. The molecule has 1 saturated heterocycles. The second-order valence-electron chi connectivity index (χ2n) is 2.87. The molecule has 0 aliphatic carbocycles. The summed E-state index contributed by atoms with van der Waals surface area (Å²) in [5.41, 5.74) is 5.52. The zero-order valence-electron chi connectivity index (χ0n) is 7.18. The SMILES string of the molecule is NC1NC(=O)C2NC=CN=C2N1C=O. The molecular weight excluding hydrogens is 186 g/mol. The minimum absolute atomic E-state index is 0.293. The Morgan fingerprint density at radius 2 is 2.43 bits per heavy atom. The van der Waals surface area contributed by atoms with Gasteiger partial charge in [-0.05, 0) is 0 Å². The molecule has 1 fully saturated rings. The Kier molecular flexibility index (Phi) is 1.93. The number of carbonyl (C=O) groups is 2. The Balaban J connectivity index is 2.36. The molecule has 0 aromatic carbocycles. The number of rotatable bonds is 1. The van der Waals surface area contributed by atoms with Crippen LogP contribution in [0, 0.1) is 0 Å². The van der Waals surface area contributed by atoms with Gasteiger partial charge in [0.25, 0.3) is 5.91 Å². The Bertz CT molecular complexity index is 337. The first kappa shape index (κ1) is 8.70. The molecule has 0 radical (unpaired) electrons. The number of nitrogens with zero attached hydrogens (tertiary/aromatic N) is 2. The number of nitrogens with one attached hydrogen (secondary N) is 2. The molecule has 0 saturated carbocycles. The smallest absolute Gasteiger partial charge is 0.253 e. The topological polar surface area (TPSA) is 99.8 Å². The quantitative estimate of drug-likeness (QED) is 0.408. The molecule has 0 spiro atoms. The Hall–Kier alpha value is -1.89. The summed E-state index contributed by atoms with van der Waals surface area (Å²) in [6.45, 7) is 0. The normalized spacial score (nSPS) is 29.9. The molecule has 0 bridgehead atoms. The van der Waals surface area contributed by atoms with Gasteiger partial charge < -0.3 is 10.6 Å². The van der Waals surface area contributed by atoms with Crippen LogP contribution in [0.3, 0.4) is 0 Å². The van der Waals surface area contributed by atoms with Crippen molar-refractivity contribution in [1.29, 1.82) is 0 Å². The first-order chi connectivity index (χ1) is 6.74. The second-order valence-corrected chi connectivity index (χ2v) is 2.87. The van der Waals surface area contributed by atoms with Gasteiger partial charge in [-0.2, -0.15) is 0 Å². The van der Waals surface area contributed by atoms with Gasteiger partial charge in [0.15, 0.2) is 12.3 Å². The van der Waals surface area contributed by atoms with Gasteiger partial charge in [-0.25, -0.2) is 4.99 Å². The molecule has 0 aromatic rings. The van der Waals surface area contributed by atoms with Gasteiger partial charge >= 0.3 is 0 Å². The highest BCUT2D eigenvalue weighted by Gasteiger charge is 2.37. The lowest BCUT2D eigenvalue weighted by Crippen LogP contribution is -2.69. The highest BCUT2D eigenvalue weighted by atomic mass is 16.2. The lowest BCUT2D eigenvalue weighted by atomic mass is 10.1. The minimum atomic E-state index is -0.844. The Morgan fingerprint density at radius 1 is 1.64 bits per heavy atom. The van der Waals surface area contributed by atoms with Crippen LogP contribution in [-0.2, 0) is 9.59 Å². The summed E-state index contributed by atoms with van der Waals surface area (Å²) < 4.78 is 0. The first-order valence-electron chi connectivity index (χ1n) is 4.02. The van der Waals surface area contributed by atoms with Crippen LogP contribution in [0.25, 0.3) is 0 Å². The van der Waals surface area contributed by atoms with Crippen molar-refractivity contribution in [1.82, 2.24) is 15.5 Å². The van der Waals surface area contributed by atoms with Crippen molar-refractivity contribution in [3.05, 3.63) is 12.4 Å². The van der Waals surface area contributed by atoms with E-state index in [1.54, 1.807) is 0 Å². The summed E-state index contributed by atoms with van der Waals surface area (Å²) in [5.74, 6) is 0.0254. The molecule has 2 amide bonds. The van der Waals surface area contributed by atoms with E-state index in [1.807, 2.05) is 0 Å². The molecule has 7 heteroatoms. The standard InChI is InChI=1S/C7H9N5O2/c8-7-11-6(14)4-5(12(7)3-13)10-2-1-9-4/h1-4,7,9H,8H2,(H,11,14). The maximum absolute atomic E-state index is 11.4. The van der Waals surface area contributed by atoms with Crippen LogP contribution in [-0.4, -0.2) is 35.4 Å². The highest BCUT2D eigenvalue weighted by Crippen LogP contribution is 2.07. The Morgan fingerprint density at radius 3 is 3.14 bits per heavy atom. The van der Waals surface area contributed by atoms with E-state index in [1.165, 1.54) is 17.3 Å². The third-order valence-corrected chi connectivity index (χ3v) is 2.03. The maximum atomic E-state index is 11.4. The molecular formula is C7H9N5O2. The summed E-state index contributed by atoms with van der Waals surface area (Å²) in [7, 11) is 0. The van der Waals surface area contributed by atoms with Crippen LogP contribution in [0.2, 0.25) is 0 Å². The number of amides is 2. The van der Waals surface area contributed by atoms with Crippen LogP contribution in [0.4, 0.5) is 0 Å². The molecule has 74 valence electrons. The number of hydrogen-bond acceptors (Lipinski definition) is 5. The number of hydrogen-bond donors (Lipinski definition) is 3. The van der Waals surface area contributed by atoms with E-state index in [9.17, 15) is 9.59 Å². The summed E-state index contributed by atoms with van der Waals surface area (Å²) in [6, 6.07) is -0.634. The average molecular weight is 195 g/mol. The summed E-state index contributed by atoms with van der Waals surface area (Å²) >= 11 is 0. The number of aliphatic imine (C=N–C) groups is 1. The molecule has 2 unspecified atom stereocenters. The van der Waals surface area contributed by atoms with Crippen LogP contribution in [0.15, 0.2) is 17.4 Å². The van der Waals surface area contributed by atoms with Crippen LogP contribution in [0.5, 0.6) is 0 Å². The number of nitrogens with two attached hydrogens (primary N) is 1. The van der Waals surface area contributed by atoms with E-state index in [0.717, 1.165) is 0 Å². The van der Waals surface area contributed by atoms with Crippen molar-refractivity contribution in [2.45, 2.75) is 12.3 Å². The van der Waals surface area contributed by atoms with E-state index in [-0.39, 0.29) is 5.91 Å². The molecule has 7 nitrogen and oxygen atoms in total. The van der Waals surface area contributed by atoms with Crippen molar-refractivity contribution in [3.8, 4) is 0 Å². The van der Waals surface area contributed by atoms with Gasteiger partial charge in [-0.1, -0.05) is 0 Å². The summed E-state index contributed by atoms with van der Waals surface area (Å²) in [4.78, 5) is 27.2. The molecule has 2 rings (SSSR count). The highest BCUT2D eigenvalue weighted by molar-refractivity contribution is 6.12. The lowest BCUT2D eigenvalue weighted by Gasteiger charge is -2.36. The lowest BCUT2D eigenvalue weighted by molar-refractivity contribution is -0.127. The van der Waals surface area contributed by atoms with E-state index in [2.05, 4.69) is 15.6 Å². The average Bonchev–Trinajstić information content (AvgIpc) is 2.18. The third kappa shape index (κ3) is 1.14. The van der Waals surface area contributed by atoms with Crippen LogP contribution >= 0.6 is 0 Å². The first-order valence-corrected chi connectivity index (χ1v) is 4.02. The second kappa shape index (κ2) is 3.11. The largest absolute Gasteiger partial charge is 0.372 e. The molecule has 2 heterocycles. The van der Waals surface area contributed by atoms with Crippen molar-refractivity contribution >= 4 is 18.2 Å². The van der Waals surface area contributed by atoms with Crippen LogP contribution < -0.4 is 16.4 Å². The number of amidine groups is 1. The predicted octanol–water partition coefficient (Wildman–Crippen LogP) is -2.34. The van der Waals surface area contributed by atoms with Crippen molar-refractivity contribution in [3.63, 3.8) is 0 Å². The van der Waals surface area contributed by atoms with Gasteiger partial charge in [0.05, 0.1) is 0 Å².